The van der Waals surface area contributed by atoms with Crippen LogP contribution in [0, 0.1) is 13.8 Å². The highest BCUT2D eigenvalue weighted by Crippen LogP contribution is 2.41. The highest BCUT2D eigenvalue weighted by atomic mass is 16.5. The average molecular weight is 505 g/mol. The number of amides is 1. The molecule has 5 rings (SSSR count). The van der Waals surface area contributed by atoms with Gasteiger partial charge in [0.05, 0.1) is 11.6 Å². The fraction of sp³-hybridized carbons (Fsp3) is 0.156. The van der Waals surface area contributed by atoms with Crippen molar-refractivity contribution in [3.63, 3.8) is 0 Å². The number of aryl methyl sites for hydroxylation is 2. The van der Waals surface area contributed by atoms with Gasteiger partial charge in [-0.2, -0.15) is 0 Å². The van der Waals surface area contributed by atoms with E-state index in [1.54, 1.807) is 30.6 Å². The molecule has 1 aliphatic rings. The van der Waals surface area contributed by atoms with Crippen LogP contribution in [0.2, 0.25) is 0 Å². The van der Waals surface area contributed by atoms with Gasteiger partial charge in [0.1, 0.15) is 18.1 Å². The van der Waals surface area contributed by atoms with E-state index in [9.17, 15) is 14.7 Å². The largest absolute Gasteiger partial charge is 0.507 e. The first-order valence-electron chi connectivity index (χ1n) is 12.4. The van der Waals surface area contributed by atoms with Gasteiger partial charge in [-0.1, -0.05) is 66.2 Å². The van der Waals surface area contributed by atoms with Crippen molar-refractivity contribution in [1.82, 2.24) is 9.88 Å². The molecule has 2 heterocycles. The maximum absolute atomic E-state index is 13.4. The number of rotatable bonds is 7. The summed E-state index contributed by atoms with van der Waals surface area (Å²) in [6.45, 7) is 4.43. The molecule has 1 atom stereocenters. The van der Waals surface area contributed by atoms with Crippen LogP contribution in [0.1, 0.15) is 39.4 Å². The summed E-state index contributed by atoms with van der Waals surface area (Å²) in [5.41, 5.74) is 4.93. The van der Waals surface area contributed by atoms with E-state index in [0.29, 0.717) is 17.9 Å². The smallest absolute Gasteiger partial charge is 0.295 e. The summed E-state index contributed by atoms with van der Waals surface area (Å²) < 4.78 is 5.92. The highest BCUT2D eigenvalue weighted by Gasteiger charge is 2.46. The Kier molecular flexibility index (Phi) is 7.05. The Hall–Kier alpha value is -4.71. The number of Topliss-reactive ketones (excluding diaryl/α,β-unsaturated/α-hetero) is 1. The molecule has 4 aromatic rings. The lowest BCUT2D eigenvalue weighted by Crippen LogP contribution is -2.29. The zero-order valence-corrected chi connectivity index (χ0v) is 21.3. The van der Waals surface area contributed by atoms with Crippen molar-refractivity contribution in [2.75, 3.05) is 0 Å². The molecule has 0 bridgehead atoms. The van der Waals surface area contributed by atoms with E-state index < -0.39 is 17.7 Å². The molecule has 1 N–H and O–H groups in total. The molecule has 1 saturated heterocycles. The SMILES string of the molecule is Cc1ccc([C@H]2/C(=C(\O)c3ccc(OCc4ccccc4)cc3C)C(=O)C(=O)N2Cc2cccnc2)cc1. The topological polar surface area (TPSA) is 79.7 Å². The van der Waals surface area contributed by atoms with E-state index >= 15 is 0 Å². The minimum absolute atomic E-state index is 0.0730. The Balaban J connectivity index is 1.52. The second-order valence-electron chi connectivity index (χ2n) is 9.45. The predicted molar refractivity (Wildman–Crippen MR) is 145 cm³/mol. The van der Waals surface area contributed by atoms with E-state index in [1.807, 2.05) is 80.6 Å². The number of carbonyl (C=O) groups is 2. The van der Waals surface area contributed by atoms with Gasteiger partial charge in [-0.25, -0.2) is 0 Å². The summed E-state index contributed by atoms with van der Waals surface area (Å²) in [4.78, 5) is 32.3. The van der Waals surface area contributed by atoms with Crippen LogP contribution in [0.3, 0.4) is 0 Å². The van der Waals surface area contributed by atoms with Crippen LogP contribution in [0.15, 0.2) is 103 Å². The summed E-state index contributed by atoms with van der Waals surface area (Å²) in [6, 6.07) is 25.7. The standard InChI is InChI=1S/C32H28N2O4/c1-21-10-12-25(13-11-21)29-28(31(36)32(37)34(29)19-24-9-6-16-33-18-24)30(35)27-15-14-26(17-22(27)2)38-20-23-7-4-3-5-8-23/h3-18,29,35H,19-20H2,1-2H3/b30-28+/t29-/m0/s1. The first-order chi connectivity index (χ1) is 18.4. The van der Waals surface area contributed by atoms with E-state index in [2.05, 4.69) is 4.98 Å². The fourth-order valence-electron chi connectivity index (χ4n) is 4.70. The Morgan fingerprint density at radius 2 is 1.66 bits per heavy atom. The van der Waals surface area contributed by atoms with Crippen LogP contribution >= 0.6 is 0 Å². The number of aliphatic hydroxyl groups is 1. The molecule has 1 aromatic heterocycles. The van der Waals surface area contributed by atoms with Crippen molar-refractivity contribution in [2.24, 2.45) is 0 Å². The summed E-state index contributed by atoms with van der Waals surface area (Å²) in [5.74, 6) is -0.910. The molecule has 3 aromatic carbocycles. The minimum atomic E-state index is -0.732. The molecule has 0 saturated carbocycles. The molecule has 38 heavy (non-hydrogen) atoms. The lowest BCUT2D eigenvalue weighted by molar-refractivity contribution is -0.140. The highest BCUT2D eigenvalue weighted by molar-refractivity contribution is 6.46. The van der Waals surface area contributed by atoms with Gasteiger partial charge in [0.25, 0.3) is 11.7 Å². The number of hydrogen-bond donors (Lipinski definition) is 1. The Morgan fingerprint density at radius 1 is 0.921 bits per heavy atom. The van der Waals surface area contributed by atoms with Gasteiger partial charge in [0.2, 0.25) is 0 Å². The number of ketones is 1. The average Bonchev–Trinajstić information content (AvgIpc) is 3.18. The molecule has 0 radical (unpaired) electrons. The number of carbonyl (C=O) groups excluding carboxylic acids is 2. The lowest BCUT2D eigenvalue weighted by atomic mass is 9.93. The first kappa shape index (κ1) is 25.0. The first-order valence-corrected chi connectivity index (χ1v) is 12.4. The van der Waals surface area contributed by atoms with Crippen molar-refractivity contribution >= 4 is 17.4 Å². The third kappa shape index (κ3) is 5.06. The molecule has 1 aliphatic heterocycles. The van der Waals surface area contributed by atoms with Crippen LogP contribution in [0.5, 0.6) is 5.75 Å². The predicted octanol–water partition coefficient (Wildman–Crippen LogP) is 5.90. The van der Waals surface area contributed by atoms with Crippen LogP contribution < -0.4 is 4.74 Å². The van der Waals surface area contributed by atoms with E-state index in [-0.39, 0.29) is 17.9 Å². The minimum Gasteiger partial charge on any atom is -0.507 e. The molecule has 0 spiro atoms. The number of hydrogen-bond acceptors (Lipinski definition) is 5. The summed E-state index contributed by atoms with van der Waals surface area (Å²) in [5, 5.41) is 11.5. The molecule has 6 heteroatoms. The normalized spacial score (nSPS) is 16.6. The summed E-state index contributed by atoms with van der Waals surface area (Å²) in [7, 11) is 0. The number of benzene rings is 3. The van der Waals surface area contributed by atoms with Crippen LogP contribution in [-0.4, -0.2) is 26.7 Å². The van der Waals surface area contributed by atoms with Crippen molar-refractivity contribution < 1.29 is 19.4 Å². The van der Waals surface area contributed by atoms with Gasteiger partial charge in [-0.3, -0.25) is 14.6 Å². The fourth-order valence-corrected chi connectivity index (χ4v) is 4.70. The van der Waals surface area contributed by atoms with Gasteiger partial charge in [-0.15, -0.1) is 0 Å². The Bertz CT molecular complexity index is 1500. The Morgan fingerprint density at radius 3 is 2.34 bits per heavy atom. The molecule has 1 amide bonds. The Labute approximate surface area is 221 Å². The second-order valence-corrected chi connectivity index (χ2v) is 9.45. The van der Waals surface area contributed by atoms with Crippen molar-refractivity contribution in [1.29, 1.82) is 0 Å². The third-order valence-electron chi connectivity index (χ3n) is 6.71. The number of pyridine rings is 1. The zero-order valence-electron chi connectivity index (χ0n) is 21.3. The number of aliphatic hydroxyl groups excluding tert-OH is 1. The van der Waals surface area contributed by atoms with Gasteiger partial charge in [0.15, 0.2) is 0 Å². The van der Waals surface area contributed by atoms with Gasteiger partial charge in [-0.05, 0) is 60.4 Å². The summed E-state index contributed by atoms with van der Waals surface area (Å²) >= 11 is 0. The van der Waals surface area contributed by atoms with Crippen molar-refractivity contribution in [2.45, 2.75) is 33.0 Å². The van der Waals surface area contributed by atoms with Crippen molar-refractivity contribution in [3.05, 3.63) is 136 Å². The number of aromatic nitrogens is 1. The molecule has 6 nitrogen and oxygen atoms in total. The van der Waals surface area contributed by atoms with Crippen LogP contribution in [0.25, 0.3) is 5.76 Å². The number of ether oxygens (including phenoxy) is 1. The molecule has 190 valence electrons. The molecular formula is C32H28N2O4. The molecule has 0 unspecified atom stereocenters. The van der Waals surface area contributed by atoms with Gasteiger partial charge >= 0.3 is 0 Å². The quantitative estimate of drug-likeness (QED) is 0.193. The number of nitrogens with zero attached hydrogens (tertiary/aromatic N) is 2. The second kappa shape index (κ2) is 10.7. The maximum atomic E-state index is 13.4. The van der Waals surface area contributed by atoms with Gasteiger partial charge in [0, 0.05) is 24.5 Å². The van der Waals surface area contributed by atoms with Gasteiger partial charge < -0.3 is 14.7 Å². The van der Waals surface area contributed by atoms with E-state index in [4.69, 9.17) is 4.74 Å². The van der Waals surface area contributed by atoms with E-state index in [1.165, 1.54) is 4.90 Å². The van der Waals surface area contributed by atoms with E-state index in [0.717, 1.165) is 27.8 Å². The van der Waals surface area contributed by atoms with Crippen LogP contribution in [-0.2, 0) is 22.7 Å². The zero-order chi connectivity index (χ0) is 26.6. The molecule has 1 fully saturated rings. The maximum Gasteiger partial charge on any atom is 0.295 e. The lowest BCUT2D eigenvalue weighted by Gasteiger charge is -2.25. The monoisotopic (exact) mass is 504 g/mol. The molecular weight excluding hydrogens is 476 g/mol. The summed E-state index contributed by atoms with van der Waals surface area (Å²) in [6.07, 6.45) is 3.33. The van der Waals surface area contributed by atoms with Crippen molar-refractivity contribution in [3.8, 4) is 5.75 Å². The number of likely N-dealkylation sites (tertiary alicyclic amines) is 1. The van der Waals surface area contributed by atoms with Crippen LogP contribution in [0.4, 0.5) is 0 Å². The third-order valence-corrected chi connectivity index (χ3v) is 6.71. The molecule has 0 aliphatic carbocycles.